The minimum absolute atomic E-state index is 0.121. The third-order valence-corrected chi connectivity index (χ3v) is 5.83. The number of carbonyl (C=O) groups is 1. The van der Waals surface area contributed by atoms with Crippen molar-refractivity contribution in [2.24, 2.45) is 0 Å². The summed E-state index contributed by atoms with van der Waals surface area (Å²) in [6.45, 7) is 9.28. The van der Waals surface area contributed by atoms with Crippen LogP contribution in [-0.4, -0.2) is 63.6 Å². The van der Waals surface area contributed by atoms with Gasteiger partial charge in [-0.15, -0.1) is 0 Å². The molecule has 0 aliphatic carbocycles. The van der Waals surface area contributed by atoms with Gasteiger partial charge in [0.05, 0.1) is 0 Å². The van der Waals surface area contributed by atoms with Gasteiger partial charge in [-0.3, -0.25) is 9.78 Å². The number of aromatic nitrogens is 3. The van der Waals surface area contributed by atoms with E-state index in [4.69, 9.17) is 4.52 Å². The first-order valence-corrected chi connectivity index (χ1v) is 11.0. The zero-order chi connectivity index (χ0) is 21.6. The van der Waals surface area contributed by atoms with E-state index in [1.54, 1.807) is 0 Å². The maximum Gasteiger partial charge on any atom is 0.226 e. The van der Waals surface area contributed by atoms with Crippen molar-refractivity contribution in [3.8, 4) is 0 Å². The average molecular weight is 414 g/mol. The van der Waals surface area contributed by atoms with E-state index in [2.05, 4.69) is 46.9 Å². The summed E-state index contributed by atoms with van der Waals surface area (Å²) >= 11 is 0. The van der Waals surface area contributed by atoms with Gasteiger partial charge in [-0.2, -0.15) is 4.98 Å². The Morgan fingerprint density at radius 2 is 2.00 bits per heavy atom. The maximum absolute atomic E-state index is 12.6. The van der Waals surface area contributed by atoms with Crippen LogP contribution >= 0.6 is 0 Å². The van der Waals surface area contributed by atoms with Crippen molar-refractivity contribution >= 4 is 5.91 Å². The predicted octanol–water partition coefficient (Wildman–Crippen LogP) is 3.25. The molecular formula is C23H35N5O2. The molecule has 7 nitrogen and oxygen atoms in total. The molecule has 1 aliphatic heterocycles. The third-order valence-electron chi connectivity index (χ3n) is 5.83. The van der Waals surface area contributed by atoms with E-state index in [1.807, 2.05) is 30.3 Å². The molecule has 1 amide bonds. The molecule has 164 valence electrons. The summed E-state index contributed by atoms with van der Waals surface area (Å²) < 4.78 is 5.32. The number of nitrogens with zero attached hydrogens (tertiary/aromatic N) is 5. The summed E-state index contributed by atoms with van der Waals surface area (Å²) in [5.41, 5.74) is 1.02. The number of piperidine rings is 1. The quantitative estimate of drug-likeness (QED) is 0.661. The normalized spacial score (nSPS) is 16.0. The Kier molecular flexibility index (Phi) is 7.58. The molecule has 3 rings (SSSR count). The SMILES string of the molecule is CN(C(=O)CCCc1nc(C(C)(C)C)no1)C1CCN(CCc2ccccn2)CC1. The van der Waals surface area contributed by atoms with Crippen LogP contribution in [0.4, 0.5) is 0 Å². The second-order valence-electron chi connectivity index (χ2n) is 9.26. The van der Waals surface area contributed by atoms with E-state index in [0.717, 1.165) is 56.8 Å². The van der Waals surface area contributed by atoms with Crippen LogP contribution in [-0.2, 0) is 23.1 Å². The van der Waals surface area contributed by atoms with Crippen molar-refractivity contribution < 1.29 is 9.32 Å². The summed E-state index contributed by atoms with van der Waals surface area (Å²) in [6.07, 6.45) is 6.79. The van der Waals surface area contributed by atoms with Crippen LogP contribution in [0.1, 0.15) is 63.9 Å². The Morgan fingerprint density at radius 1 is 1.23 bits per heavy atom. The molecule has 30 heavy (non-hydrogen) atoms. The minimum Gasteiger partial charge on any atom is -0.343 e. The number of pyridine rings is 1. The van der Waals surface area contributed by atoms with Crippen LogP contribution in [0.15, 0.2) is 28.9 Å². The van der Waals surface area contributed by atoms with Crippen molar-refractivity contribution in [1.82, 2.24) is 24.9 Å². The molecule has 2 aromatic rings. The van der Waals surface area contributed by atoms with Gasteiger partial charge in [-0.05, 0) is 31.4 Å². The fraction of sp³-hybridized carbons (Fsp3) is 0.652. The fourth-order valence-corrected chi connectivity index (χ4v) is 3.78. The summed E-state index contributed by atoms with van der Waals surface area (Å²) in [7, 11) is 1.95. The molecule has 0 radical (unpaired) electrons. The molecule has 0 N–H and O–H groups in total. The van der Waals surface area contributed by atoms with Gasteiger partial charge in [0.1, 0.15) is 0 Å². The average Bonchev–Trinajstić information content (AvgIpc) is 3.22. The number of aryl methyl sites for hydroxylation is 1. The van der Waals surface area contributed by atoms with E-state index in [0.29, 0.717) is 24.8 Å². The number of likely N-dealkylation sites (tertiary alicyclic amines) is 1. The van der Waals surface area contributed by atoms with Gasteiger partial charge in [-0.1, -0.05) is 32.0 Å². The van der Waals surface area contributed by atoms with Crippen LogP contribution in [0.3, 0.4) is 0 Å². The van der Waals surface area contributed by atoms with E-state index in [9.17, 15) is 4.79 Å². The summed E-state index contributed by atoms with van der Waals surface area (Å²) in [5, 5.41) is 4.05. The van der Waals surface area contributed by atoms with Crippen LogP contribution in [0.5, 0.6) is 0 Å². The highest BCUT2D eigenvalue weighted by atomic mass is 16.5. The standard InChI is InChI=1S/C23H35N5O2/c1-23(2,3)22-25-20(30-26-22)9-7-10-21(29)27(4)19-12-16-28(17-13-19)15-11-18-8-5-6-14-24-18/h5-6,8,14,19H,7,9-13,15-17H2,1-4H3. The summed E-state index contributed by atoms with van der Waals surface area (Å²) in [5.74, 6) is 1.55. The highest BCUT2D eigenvalue weighted by molar-refractivity contribution is 5.76. The Hall–Kier alpha value is -2.28. The van der Waals surface area contributed by atoms with Gasteiger partial charge in [0.15, 0.2) is 5.82 Å². The minimum atomic E-state index is -0.121. The molecule has 0 unspecified atom stereocenters. The first kappa shape index (κ1) is 22.4. The molecule has 0 aromatic carbocycles. The number of amides is 1. The topological polar surface area (TPSA) is 75.4 Å². The molecular weight excluding hydrogens is 378 g/mol. The molecule has 7 heteroatoms. The Labute approximate surface area is 179 Å². The highest BCUT2D eigenvalue weighted by Gasteiger charge is 2.25. The van der Waals surface area contributed by atoms with Gasteiger partial charge in [0.25, 0.3) is 0 Å². The highest BCUT2D eigenvalue weighted by Crippen LogP contribution is 2.20. The van der Waals surface area contributed by atoms with Gasteiger partial charge in [-0.25, -0.2) is 0 Å². The predicted molar refractivity (Wildman–Crippen MR) is 116 cm³/mol. The van der Waals surface area contributed by atoms with E-state index in [-0.39, 0.29) is 11.3 Å². The Morgan fingerprint density at radius 3 is 2.63 bits per heavy atom. The van der Waals surface area contributed by atoms with E-state index in [1.165, 1.54) is 0 Å². The van der Waals surface area contributed by atoms with Gasteiger partial charge in [0.2, 0.25) is 11.8 Å². The third kappa shape index (κ3) is 6.36. The Balaban J connectivity index is 1.35. The second kappa shape index (κ2) is 10.2. The van der Waals surface area contributed by atoms with Crippen molar-refractivity contribution in [3.63, 3.8) is 0 Å². The Bertz CT molecular complexity index is 791. The van der Waals surface area contributed by atoms with Crippen LogP contribution in [0.2, 0.25) is 0 Å². The molecule has 0 bridgehead atoms. The summed E-state index contributed by atoms with van der Waals surface area (Å²) in [6, 6.07) is 6.40. The van der Waals surface area contributed by atoms with Crippen molar-refractivity contribution in [3.05, 3.63) is 41.8 Å². The van der Waals surface area contributed by atoms with Gasteiger partial charge in [0, 0.05) is 69.3 Å². The lowest BCUT2D eigenvalue weighted by molar-refractivity contribution is -0.132. The zero-order valence-corrected chi connectivity index (χ0v) is 18.8. The smallest absolute Gasteiger partial charge is 0.226 e. The first-order valence-electron chi connectivity index (χ1n) is 11.0. The number of hydrogen-bond donors (Lipinski definition) is 0. The van der Waals surface area contributed by atoms with Gasteiger partial charge >= 0.3 is 0 Å². The number of carbonyl (C=O) groups excluding carboxylic acids is 1. The second-order valence-corrected chi connectivity index (χ2v) is 9.26. The van der Waals surface area contributed by atoms with E-state index >= 15 is 0 Å². The molecule has 1 aliphatic rings. The fourth-order valence-electron chi connectivity index (χ4n) is 3.78. The molecule has 0 atom stereocenters. The largest absolute Gasteiger partial charge is 0.343 e. The van der Waals surface area contributed by atoms with Crippen molar-refractivity contribution in [2.45, 2.75) is 70.8 Å². The van der Waals surface area contributed by atoms with Crippen LogP contribution in [0, 0.1) is 0 Å². The molecule has 0 saturated carbocycles. The summed E-state index contributed by atoms with van der Waals surface area (Å²) in [4.78, 5) is 25.9. The number of rotatable bonds is 8. The molecule has 0 spiro atoms. The van der Waals surface area contributed by atoms with E-state index < -0.39 is 0 Å². The molecule has 1 saturated heterocycles. The van der Waals surface area contributed by atoms with Crippen LogP contribution in [0.25, 0.3) is 0 Å². The lowest BCUT2D eigenvalue weighted by atomic mass is 9.96. The number of hydrogen-bond acceptors (Lipinski definition) is 6. The van der Waals surface area contributed by atoms with Crippen LogP contribution < -0.4 is 0 Å². The maximum atomic E-state index is 12.6. The monoisotopic (exact) mass is 413 g/mol. The molecule has 3 heterocycles. The molecule has 2 aromatic heterocycles. The van der Waals surface area contributed by atoms with Crippen molar-refractivity contribution in [2.75, 3.05) is 26.7 Å². The first-order chi connectivity index (χ1) is 14.3. The molecule has 1 fully saturated rings. The zero-order valence-electron chi connectivity index (χ0n) is 18.8. The van der Waals surface area contributed by atoms with Crippen molar-refractivity contribution in [1.29, 1.82) is 0 Å². The van der Waals surface area contributed by atoms with Gasteiger partial charge < -0.3 is 14.3 Å². The lowest BCUT2D eigenvalue weighted by Gasteiger charge is -2.36. The lowest BCUT2D eigenvalue weighted by Crippen LogP contribution is -2.46.